The molecule has 0 aromatic heterocycles. The van der Waals surface area contributed by atoms with Crippen molar-refractivity contribution in [3.8, 4) is 11.8 Å². The molecule has 1 aromatic carbocycles. The Kier molecular flexibility index (Phi) is 6.04. The van der Waals surface area contributed by atoms with Crippen LogP contribution in [0.2, 0.25) is 0 Å². The standard InChI is InChI=1S/C17H25N3O/c1-19(13-16-8-10-20(2)14-16)9-3-11-21-17-6-4-15(12-18)5-7-17/h4-7,16H,3,8-11,13-14H2,1-2H3. The van der Waals surface area contributed by atoms with E-state index in [0.29, 0.717) is 5.56 Å². The van der Waals surface area contributed by atoms with E-state index in [4.69, 9.17) is 10.00 Å². The van der Waals surface area contributed by atoms with Gasteiger partial charge in [0.15, 0.2) is 0 Å². The molecule has 0 saturated carbocycles. The minimum atomic E-state index is 0.670. The molecule has 4 nitrogen and oxygen atoms in total. The average Bonchev–Trinajstić information content (AvgIpc) is 2.89. The van der Waals surface area contributed by atoms with Gasteiger partial charge in [0, 0.05) is 19.6 Å². The highest BCUT2D eigenvalue weighted by molar-refractivity contribution is 5.34. The van der Waals surface area contributed by atoms with Crippen molar-refractivity contribution in [1.29, 1.82) is 5.26 Å². The van der Waals surface area contributed by atoms with Gasteiger partial charge in [0.2, 0.25) is 0 Å². The normalized spacial score (nSPS) is 18.9. The summed E-state index contributed by atoms with van der Waals surface area (Å²) in [5.74, 6) is 1.66. The van der Waals surface area contributed by atoms with E-state index in [9.17, 15) is 0 Å². The van der Waals surface area contributed by atoms with Gasteiger partial charge < -0.3 is 14.5 Å². The van der Waals surface area contributed by atoms with Gasteiger partial charge in [0.25, 0.3) is 0 Å². The van der Waals surface area contributed by atoms with Crippen molar-refractivity contribution in [2.45, 2.75) is 12.8 Å². The molecule has 1 aliphatic rings. The minimum absolute atomic E-state index is 0.670. The highest BCUT2D eigenvalue weighted by Gasteiger charge is 2.20. The predicted molar refractivity (Wildman–Crippen MR) is 84.4 cm³/mol. The lowest BCUT2D eigenvalue weighted by Crippen LogP contribution is -2.29. The second-order valence-corrected chi connectivity index (χ2v) is 6.02. The quantitative estimate of drug-likeness (QED) is 0.721. The fourth-order valence-electron chi connectivity index (χ4n) is 2.86. The third kappa shape index (κ3) is 5.37. The fourth-order valence-corrected chi connectivity index (χ4v) is 2.86. The van der Waals surface area contributed by atoms with Gasteiger partial charge in [0.1, 0.15) is 5.75 Å². The summed E-state index contributed by atoms with van der Waals surface area (Å²) in [7, 11) is 4.39. The van der Waals surface area contributed by atoms with Crippen molar-refractivity contribution < 1.29 is 4.74 Å². The molecule has 1 saturated heterocycles. The molecule has 4 heteroatoms. The first-order valence-corrected chi connectivity index (χ1v) is 7.67. The van der Waals surface area contributed by atoms with Crippen LogP contribution in [0.25, 0.3) is 0 Å². The molecule has 114 valence electrons. The monoisotopic (exact) mass is 287 g/mol. The number of nitrogens with zero attached hydrogens (tertiary/aromatic N) is 3. The van der Waals surface area contributed by atoms with Gasteiger partial charge in [-0.1, -0.05) is 0 Å². The molecule has 1 fully saturated rings. The zero-order valence-corrected chi connectivity index (χ0v) is 13.1. The minimum Gasteiger partial charge on any atom is -0.494 e. The summed E-state index contributed by atoms with van der Waals surface area (Å²) in [4.78, 5) is 4.82. The van der Waals surface area contributed by atoms with Crippen LogP contribution in [0, 0.1) is 17.2 Å². The van der Waals surface area contributed by atoms with Gasteiger partial charge in [-0.25, -0.2) is 0 Å². The number of rotatable bonds is 7. The van der Waals surface area contributed by atoms with E-state index in [-0.39, 0.29) is 0 Å². The van der Waals surface area contributed by atoms with E-state index in [1.807, 2.05) is 12.1 Å². The van der Waals surface area contributed by atoms with Crippen molar-refractivity contribution in [2.75, 3.05) is 46.9 Å². The molecule has 1 aliphatic heterocycles. The number of nitriles is 1. The molecule has 0 aliphatic carbocycles. The summed E-state index contributed by atoms with van der Waals surface area (Å²) < 4.78 is 5.70. The molecular formula is C17H25N3O. The van der Waals surface area contributed by atoms with Gasteiger partial charge in [-0.05, 0) is 63.7 Å². The van der Waals surface area contributed by atoms with Crippen LogP contribution in [0.4, 0.5) is 0 Å². The summed E-state index contributed by atoms with van der Waals surface area (Å²) in [5.41, 5.74) is 0.670. The van der Waals surface area contributed by atoms with E-state index in [0.717, 1.165) is 31.2 Å². The lowest BCUT2D eigenvalue weighted by Gasteiger charge is -2.20. The first kappa shape index (κ1) is 15.8. The molecule has 1 unspecified atom stereocenters. The Morgan fingerprint density at radius 2 is 2.14 bits per heavy atom. The van der Waals surface area contributed by atoms with Gasteiger partial charge >= 0.3 is 0 Å². The Balaban J connectivity index is 1.59. The van der Waals surface area contributed by atoms with E-state index in [1.165, 1.54) is 26.1 Å². The van der Waals surface area contributed by atoms with Crippen LogP contribution in [0.15, 0.2) is 24.3 Å². The van der Waals surface area contributed by atoms with Crippen molar-refractivity contribution >= 4 is 0 Å². The largest absolute Gasteiger partial charge is 0.494 e. The number of ether oxygens (including phenoxy) is 1. The highest BCUT2D eigenvalue weighted by Crippen LogP contribution is 2.15. The summed E-state index contributed by atoms with van der Waals surface area (Å²) >= 11 is 0. The van der Waals surface area contributed by atoms with Crippen molar-refractivity contribution in [2.24, 2.45) is 5.92 Å². The Labute approximate surface area is 127 Å². The van der Waals surface area contributed by atoms with Crippen LogP contribution >= 0.6 is 0 Å². The molecule has 0 amide bonds. The van der Waals surface area contributed by atoms with Crippen LogP contribution in [-0.4, -0.2) is 56.7 Å². The van der Waals surface area contributed by atoms with E-state index in [2.05, 4.69) is 30.0 Å². The topological polar surface area (TPSA) is 39.5 Å². The van der Waals surface area contributed by atoms with Crippen molar-refractivity contribution in [1.82, 2.24) is 9.80 Å². The summed E-state index contributed by atoms with van der Waals surface area (Å²) in [5, 5.41) is 8.74. The predicted octanol–water partition coefficient (Wildman–Crippen LogP) is 2.21. The van der Waals surface area contributed by atoms with Crippen LogP contribution in [0.3, 0.4) is 0 Å². The first-order valence-electron chi connectivity index (χ1n) is 7.67. The molecular weight excluding hydrogens is 262 g/mol. The molecule has 0 N–H and O–H groups in total. The molecule has 2 rings (SSSR count). The lowest BCUT2D eigenvalue weighted by molar-refractivity contribution is 0.238. The van der Waals surface area contributed by atoms with Crippen LogP contribution in [0.5, 0.6) is 5.75 Å². The number of benzene rings is 1. The zero-order chi connectivity index (χ0) is 15.1. The number of hydrogen-bond acceptors (Lipinski definition) is 4. The fraction of sp³-hybridized carbons (Fsp3) is 0.588. The highest BCUT2D eigenvalue weighted by atomic mass is 16.5. The SMILES string of the molecule is CN(CCCOc1ccc(C#N)cc1)CC1CCN(C)C1. The summed E-state index contributed by atoms with van der Waals surface area (Å²) in [6.07, 6.45) is 2.35. The first-order chi connectivity index (χ1) is 10.2. The Hall–Kier alpha value is -1.57. The average molecular weight is 287 g/mol. The van der Waals surface area contributed by atoms with E-state index in [1.54, 1.807) is 12.1 Å². The molecule has 1 aromatic rings. The van der Waals surface area contributed by atoms with Gasteiger partial charge in [-0.15, -0.1) is 0 Å². The maximum absolute atomic E-state index is 8.74. The second-order valence-electron chi connectivity index (χ2n) is 6.02. The molecule has 1 heterocycles. The third-order valence-corrected chi connectivity index (χ3v) is 4.00. The third-order valence-electron chi connectivity index (χ3n) is 4.00. The Bertz CT molecular complexity index is 466. The Morgan fingerprint density at radius 1 is 1.38 bits per heavy atom. The molecule has 0 spiro atoms. The number of likely N-dealkylation sites (tertiary alicyclic amines) is 1. The van der Waals surface area contributed by atoms with Crippen LogP contribution in [0.1, 0.15) is 18.4 Å². The van der Waals surface area contributed by atoms with Gasteiger partial charge in [-0.2, -0.15) is 5.26 Å². The maximum atomic E-state index is 8.74. The van der Waals surface area contributed by atoms with Gasteiger partial charge in [-0.3, -0.25) is 0 Å². The zero-order valence-electron chi connectivity index (χ0n) is 13.1. The van der Waals surface area contributed by atoms with Gasteiger partial charge in [0.05, 0.1) is 18.2 Å². The molecule has 21 heavy (non-hydrogen) atoms. The molecule has 0 radical (unpaired) electrons. The molecule has 1 atom stereocenters. The second kappa shape index (κ2) is 8.02. The Morgan fingerprint density at radius 3 is 2.76 bits per heavy atom. The smallest absolute Gasteiger partial charge is 0.119 e. The summed E-state index contributed by atoms with van der Waals surface area (Å²) in [6.45, 7) is 5.44. The maximum Gasteiger partial charge on any atom is 0.119 e. The van der Waals surface area contributed by atoms with E-state index >= 15 is 0 Å². The van der Waals surface area contributed by atoms with E-state index < -0.39 is 0 Å². The van der Waals surface area contributed by atoms with Crippen molar-refractivity contribution in [3.63, 3.8) is 0 Å². The molecule has 0 bridgehead atoms. The number of hydrogen-bond donors (Lipinski definition) is 0. The lowest BCUT2D eigenvalue weighted by atomic mass is 10.1. The van der Waals surface area contributed by atoms with Crippen molar-refractivity contribution in [3.05, 3.63) is 29.8 Å². The van der Waals surface area contributed by atoms with Crippen LogP contribution in [-0.2, 0) is 0 Å². The van der Waals surface area contributed by atoms with Crippen LogP contribution < -0.4 is 4.74 Å². The summed E-state index contributed by atoms with van der Waals surface area (Å²) in [6, 6.07) is 9.40.